The van der Waals surface area contributed by atoms with Crippen molar-refractivity contribution in [3.05, 3.63) is 35.9 Å². The van der Waals surface area contributed by atoms with Crippen LogP contribution in [0.25, 0.3) is 6.08 Å². The molecule has 2 rings (SSSR count). The van der Waals surface area contributed by atoms with Crippen molar-refractivity contribution in [1.29, 1.82) is 0 Å². The minimum atomic E-state index is -4.49. The summed E-state index contributed by atoms with van der Waals surface area (Å²) < 4.78 is 59.3. The van der Waals surface area contributed by atoms with E-state index in [-0.39, 0.29) is 11.2 Å². The van der Waals surface area contributed by atoms with Crippen LogP contribution in [0.15, 0.2) is 30.3 Å². The number of hydrogen-bond acceptors (Lipinski definition) is 4. The number of benzene rings is 1. The van der Waals surface area contributed by atoms with Gasteiger partial charge in [0.15, 0.2) is 0 Å². The molecule has 1 aromatic carbocycles. The first-order valence-corrected chi connectivity index (χ1v) is 9.13. The van der Waals surface area contributed by atoms with Gasteiger partial charge in [-0.1, -0.05) is 18.2 Å². The van der Waals surface area contributed by atoms with Crippen molar-refractivity contribution in [2.24, 2.45) is 0 Å². The summed E-state index contributed by atoms with van der Waals surface area (Å²) in [6.45, 7) is 0.693. The fourth-order valence-electron chi connectivity index (χ4n) is 1.79. The molecular formula is C15H16F4O2S2. The van der Waals surface area contributed by atoms with E-state index >= 15 is 0 Å². The van der Waals surface area contributed by atoms with Crippen molar-refractivity contribution >= 4 is 29.6 Å². The lowest BCUT2D eigenvalue weighted by atomic mass is 10.2. The Morgan fingerprint density at radius 1 is 1.35 bits per heavy atom. The second-order valence-corrected chi connectivity index (χ2v) is 7.05. The van der Waals surface area contributed by atoms with E-state index in [1.807, 2.05) is 12.3 Å². The Kier molecular flexibility index (Phi) is 6.67. The van der Waals surface area contributed by atoms with E-state index < -0.39 is 12.5 Å². The van der Waals surface area contributed by atoms with Crippen LogP contribution in [0, 0.1) is 0 Å². The van der Waals surface area contributed by atoms with Gasteiger partial charge in [0.1, 0.15) is 11.2 Å². The average molecular weight is 368 g/mol. The lowest BCUT2D eigenvalue weighted by Gasteiger charge is -2.25. The van der Waals surface area contributed by atoms with Crippen molar-refractivity contribution in [2.75, 3.05) is 18.6 Å². The van der Waals surface area contributed by atoms with Gasteiger partial charge in [0.05, 0.1) is 6.61 Å². The summed E-state index contributed by atoms with van der Waals surface area (Å²) in [4.78, 5) is 0. The van der Waals surface area contributed by atoms with Crippen molar-refractivity contribution in [1.82, 2.24) is 0 Å². The summed E-state index contributed by atoms with van der Waals surface area (Å²) in [5, 5.41) is 0.498. The van der Waals surface area contributed by atoms with Crippen LogP contribution >= 0.6 is 23.5 Å². The highest BCUT2D eigenvalue weighted by molar-refractivity contribution is 8.03. The summed E-state index contributed by atoms with van der Waals surface area (Å²) in [6.07, 6.45) is -2.63. The van der Waals surface area contributed by atoms with E-state index in [1.165, 1.54) is 24.3 Å². The summed E-state index contributed by atoms with van der Waals surface area (Å²) in [7, 11) is 0. The van der Waals surface area contributed by atoms with Gasteiger partial charge in [-0.15, -0.1) is 11.8 Å². The monoisotopic (exact) mass is 368 g/mol. The number of hydrogen-bond donors (Lipinski definition) is 0. The van der Waals surface area contributed by atoms with Gasteiger partial charge in [-0.3, -0.25) is 0 Å². The molecule has 1 heterocycles. The smallest absolute Gasteiger partial charge is 0.428 e. The number of alkyl halides is 4. The highest BCUT2D eigenvalue weighted by Gasteiger charge is 2.43. The number of rotatable bonds is 6. The van der Waals surface area contributed by atoms with Crippen LogP contribution in [0.3, 0.4) is 0 Å². The fraction of sp³-hybridized carbons (Fsp3) is 0.467. The van der Waals surface area contributed by atoms with Gasteiger partial charge >= 0.3 is 12.5 Å². The maximum absolute atomic E-state index is 12.8. The first kappa shape index (κ1) is 18.5. The molecule has 0 spiro atoms. The average Bonchev–Trinajstić information content (AvgIpc) is 2.54. The summed E-state index contributed by atoms with van der Waals surface area (Å²) >= 11 is 3.46. The van der Waals surface area contributed by atoms with Crippen LogP contribution in [0.1, 0.15) is 5.56 Å². The molecule has 8 heteroatoms. The van der Waals surface area contributed by atoms with Crippen molar-refractivity contribution in [3.8, 4) is 5.75 Å². The standard InChI is InChI=1S/C15H16F4O2S2/c1-22-12-8-20-13(23-9-12)7-4-10-2-5-11(6-3-10)21-15(18,19)14(16)17/h2-7,12-14H,8-9H2,1H3. The predicted octanol–water partition coefficient (Wildman–Crippen LogP) is 4.76. The molecule has 1 aromatic rings. The van der Waals surface area contributed by atoms with Gasteiger partial charge in [0.25, 0.3) is 0 Å². The van der Waals surface area contributed by atoms with Crippen molar-refractivity contribution in [2.45, 2.75) is 23.2 Å². The normalized spacial score (nSPS) is 22.7. The fourth-order valence-corrected chi connectivity index (χ4v) is 3.65. The lowest BCUT2D eigenvalue weighted by Crippen LogP contribution is -2.33. The Hall–Kier alpha value is -0.860. The second-order valence-electron chi connectivity index (χ2n) is 4.79. The summed E-state index contributed by atoms with van der Waals surface area (Å²) in [6, 6.07) is 5.50. The van der Waals surface area contributed by atoms with Gasteiger partial charge in [-0.25, -0.2) is 0 Å². The maximum Gasteiger partial charge on any atom is 0.461 e. The molecule has 0 bridgehead atoms. The van der Waals surface area contributed by atoms with Gasteiger partial charge < -0.3 is 9.47 Å². The number of ether oxygens (including phenoxy) is 2. The minimum absolute atomic E-state index is 0.0440. The minimum Gasteiger partial charge on any atom is -0.428 e. The van der Waals surface area contributed by atoms with Crippen LogP contribution in [-0.4, -0.2) is 41.8 Å². The largest absolute Gasteiger partial charge is 0.461 e. The van der Waals surface area contributed by atoms with Crippen LogP contribution < -0.4 is 4.74 Å². The predicted molar refractivity (Wildman–Crippen MR) is 86.6 cm³/mol. The van der Waals surface area contributed by atoms with Gasteiger partial charge in [0.2, 0.25) is 0 Å². The molecule has 0 aromatic heterocycles. The van der Waals surface area contributed by atoms with E-state index in [9.17, 15) is 17.6 Å². The Labute approximate surface area is 140 Å². The van der Waals surface area contributed by atoms with Crippen LogP contribution in [-0.2, 0) is 4.74 Å². The second kappa shape index (κ2) is 8.30. The van der Waals surface area contributed by atoms with Crippen LogP contribution in [0.2, 0.25) is 0 Å². The zero-order valence-electron chi connectivity index (χ0n) is 12.3. The van der Waals surface area contributed by atoms with E-state index in [0.29, 0.717) is 11.9 Å². The molecule has 2 nitrogen and oxygen atoms in total. The Morgan fingerprint density at radius 3 is 2.57 bits per heavy atom. The molecule has 0 amide bonds. The molecule has 0 radical (unpaired) electrons. The Balaban J connectivity index is 1.89. The molecule has 128 valence electrons. The zero-order valence-corrected chi connectivity index (χ0v) is 13.9. The van der Waals surface area contributed by atoms with Crippen LogP contribution in [0.4, 0.5) is 17.6 Å². The van der Waals surface area contributed by atoms with Gasteiger partial charge in [-0.2, -0.15) is 29.3 Å². The Morgan fingerprint density at radius 2 is 2.04 bits per heavy atom. The van der Waals surface area contributed by atoms with Gasteiger partial charge in [-0.05, 0) is 30.0 Å². The first-order valence-electron chi connectivity index (χ1n) is 6.80. The third-order valence-electron chi connectivity index (χ3n) is 3.06. The Bertz CT molecular complexity index is 515. The van der Waals surface area contributed by atoms with Gasteiger partial charge in [0, 0.05) is 11.0 Å². The molecule has 23 heavy (non-hydrogen) atoms. The SMILES string of the molecule is CSC1COC(C=Cc2ccc(OC(F)(F)C(F)F)cc2)SC1. The van der Waals surface area contributed by atoms with E-state index in [0.717, 1.165) is 11.3 Å². The molecule has 2 unspecified atom stereocenters. The molecule has 1 aliphatic heterocycles. The molecule has 0 N–H and O–H groups in total. The third-order valence-corrected chi connectivity index (χ3v) is 5.46. The highest BCUT2D eigenvalue weighted by atomic mass is 32.2. The van der Waals surface area contributed by atoms with E-state index in [2.05, 4.69) is 4.74 Å². The molecule has 1 fully saturated rings. The van der Waals surface area contributed by atoms with Crippen molar-refractivity contribution in [3.63, 3.8) is 0 Å². The molecule has 2 atom stereocenters. The molecule has 0 saturated carbocycles. The van der Waals surface area contributed by atoms with E-state index in [4.69, 9.17) is 4.74 Å². The molecule has 1 aliphatic rings. The van der Waals surface area contributed by atoms with Crippen molar-refractivity contribution < 1.29 is 27.0 Å². The molecular weight excluding hydrogens is 352 g/mol. The third kappa shape index (κ3) is 5.61. The summed E-state index contributed by atoms with van der Waals surface area (Å²) in [5.74, 6) is 0.699. The highest BCUT2D eigenvalue weighted by Crippen LogP contribution is 2.29. The molecule has 1 saturated heterocycles. The topological polar surface area (TPSA) is 18.5 Å². The number of halogens is 4. The first-order chi connectivity index (χ1) is 10.9. The molecule has 0 aliphatic carbocycles. The zero-order chi connectivity index (χ0) is 16.9. The maximum atomic E-state index is 12.8. The lowest BCUT2D eigenvalue weighted by molar-refractivity contribution is -0.253. The quantitative estimate of drug-likeness (QED) is 0.674. The van der Waals surface area contributed by atoms with Crippen LogP contribution in [0.5, 0.6) is 5.75 Å². The summed E-state index contributed by atoms with van der Waals surface area (Å²) in [5.41, 5.74) is 0.700. The van der Waals surface area contributed by atoms with E-state index in [1.54, 1.807) is 29.6 Å². The number of thioether (sulfide) groups is 2.